The number of carbonyl (C=O) groups excluding carboxylic acids is 1. The van der Waals surface area contributed by atoms with Crippen molar-refractivity contribution >= 4 is 17.5 Å². The zero-order valence-electron chi connectivity index (χ0n) is 15.0. The van der Waals surface area contributed by atoms with Gasteiger partial charge in [0.1, 0.15) is 18.0 Å². The molecule has 3 heterocycles. The highest BCUT2D eigenvalue weighted by Gasteiger charge is 2.33. The van der Waals surface area contributed by atoms with Crippen molar-refractivity contribution in [3.8, 4) is 0 Å². The van der Waals surface area contributed by atoms with Gasteiger partial charge in [0, 0.05) is 55.6 Å². The van der Waals surface area contributed by atoms with Crippen LogP contribution in [0.25, 0.3) is 0 Å². The van der Waals surface area contributed by atoms with Crippen LogP contribution in [0.5, 0.6) is 0 Å². The van der Waals surface area contributed by atoms with E-state index < -0.39 is 0 Å². The van der Waals surface area contributed by atoms with E-state index in [-0.39, 0.29) is 11.9 Å². The van der Waals surface area contributed by atoms with Crippen molar-refractivity contribution in [2.75, 3.05) is 30.4 Å². The third kappa shape index (κ3) is 3.47. The molecule has 0 atom stereocenters. The van der Waals surface area contributed by atoms with E-state index in [1.165, 1.54) is 12.8 Å². The largest absolute Gasteiger partial charge is 0.373 e. The van der Waals surface area contributed by atoms with Gasteiger partial charge in [-0.15, -0.1) is 0 Å². The van der Waals surface area contributed by atoms with Gasteiger partial charge in [0.25, 0.3) is 5.91 Å². The number of hydrogen-bond donors (Lipinski definition) is 2. The van der Waals surface area contributed by atoms with E-state index in [1.54, 1.807) is 31.7 Å². The molecule has 0 aromatic carbocycles. The Hall–Kier alpha value is -2.70. The smallest absolute Gasteiger partial charge is 0.251 e. The molecule has 1 saturated heterocycles. The highest BCUT2D eigenvalue weighted by atomic mass is 16.1. The first-order valence-electron chi connectivity index (χ1n) is 9.24. The van der Waals surface area contributed by atoms with Gasteiger partial charge in [-0.25, -0.2) is 15.0 Å². The minimum absolute atomic E-state index is 0.0483. The fourth-order valence-electron chi connectivity index (χ4n) is 3.66. The van der Waals surface area contributed by atoms with Crippen LogP contribution in [0.2, 0.25) is 0 Å². The highest BCUT2D eigenvalue weighted by molar-refractivity contribution is 5.95. The number of rotatable bonds is 5. The van der Waals surface area contributed by atoms with Crippen LogP contribution in [0.15, 0.2) is 30.7 Å². The molecule has 0 radical (unpaired) electrons. The monoisotopic (exact) mass is 352 g/mol. The average molecular weight is 352 g/mol. The average Bonchev–Trinajstić information content (AvgIpc) is 3.19. The predicted octanol–water partition coefficient (Wildman–Crippen LogP) is 2.19. The SMILES string of the molecule is CNc1cc(C(=O)NC2CC(c3cc(N4CCCC4)ncn3)C2)ccn1. The lowest BCUT2D eigenvalue weighted by Crippen LogP contribution is -2.43. The Morgan fingerprint density at radius 1 is 1.15 bits per heavy atom. The van der Waals surface area contributed by atoms with Crippen molar-refractivity contribution in [3.05, 3.63) is 42.0 Å². The van der Waals surface area contributed by atoms with Gasteiger partial charge in [0.15, 0.2) is 0 Å². The Balaban J connectivity index is 1.34. The lowest BCUT2D eigenvalue weighted by molar-refractivity contribution is 0.0908. The van der Waals surface area contributed by atoms with Gasteiger partial charge in [-0.3, -0.25) is 4.79 Å². The lowest BCUT2D eigenvalue weighted by atomic mass is 9.78. The fraction of sp³-hybridized carbons (Fsp3) is 0.474. The number of nitrogens with one attached hydrogen (secondary N) is 2. The number of anilines is 2. The Labute approximate surface area is 153 Å². The van der Waals surface area contributed by atoms with Crippen molar-refractivity contribution in [3.63, 3.8) is 0 Å². The molecule has 4 rings (SSSR count). The molecule has 1 saturated carbocycles. The first kappa shape index (κ1) is 16.8. The maximum Gasteiger partial charge on any atom is 0.251 e. The first-order valence-corrected chi connectivity index (χ1v) is 9.24. The van der Waals surface area contributed by atoms with Crippen LogP contribution < -0.4 is 15.5 Å². The van der Waals surface area contributed by atoms with E-state index in [0.29, 0.717) is 17.3 Å². The molecule has 0 spiro atoms. The van der Waals surface area contributed by atoms with Gasteiger partial charge in [-0.05, 0) is 37.8 Å². The second kappa shape index (κ2) is 7.27. The normalized spacial score (nSPS) is 22.0. The van der Waals surface area contributed by atoms with E-state index >= 15 is 0 Å². The molecule has 1 aliphatic heterocycles. The Bertz CT molecular complexity index is 783. The number of hydrogen-bond acceptors (Lipinski definition) is 6. The van der Waals surface area contributed by atoms with Gasteiger partial charge in [0.2, 0.25) is 0 Å². The number of nitrogens with zero attached hydrogens (tertiary/aromatic N) is 4. The minimum Gasteiger partial charge on any atom is -0.373 e. The van der Waals surface area contributed by atoms with Gasteiger partial charge >= 0.3 is 0 Å². The fourth-order valence-corrected chi connectivity index (χ4v) is 3.66. The molecule has 1 amide bonds. The van der Waals surface area contributed by atoms with Crippen molar-refractivity contribution in [1.29, 1.82) is 0 Å². The maximum absolute atomic E-state index is 12.4. The zero-order chi connectivity index (χ0) is 17.9. The number of aromatic nitrogens is 3. The van der Waals surface area contributed by atoms with Gasteiger partial charge < -0.3 is 15.5 Å². The third-order valence-electron chi connectivity index (χ3n) is 5.27. The Morgan fingerprint density at radius 2 is 1.96 bits per heavy atom. The summed E-state index contributed by atoms with van der Waals surface area (Å²) in [4.78, 5) is 27.7. The van der Waals surface area contributed by atoms with Crippen LogP contribution in [0, 0.1) is 0 Å². The summed E-state index contributed by atoms with van der Waals surface area (Å²) in [5.74, 6) is 2.08. The topological polar surface area (TPSA) is 83.0 Å². The van der Waals surface area contributed by atoms with Crippen LogP contribution in [-0.4, -0.2) is 47.0 Å². The molecule has 2 fully saturated rings. The molecule has 0 unspecified atom stereocenters. The predicted molar refractivity (Wildman–Crippen MR) is 100 cm³/mol. The number of pyridine rings is 1. The third-order valence-corrected chi connectivity index (χ3v) is 5.27. The second-order valence-electron chi connectivity index (χ2n) is 7.01. The standard InChI is InChI=1S/C19H24N6O/c1-20-17-10-13(4-5-21-17)19(26)24-15-8-14(9-15)16-11-18(23-12-22-16)25-6-2-3-7-25/h4-5,10-12,14-15H,2-3,6-9H2,1H3,(H,20,21)(H,24,26). The lowest BCUT2D eigenvalue weighted by Gasteiger charge is -2.35. The summed E-state index contributed by atoms with van der Waals surface area (Å²) in [6, 6.07) is 5.82. The van der Waals surface area contributed by atoms with Crippen molar-refractivity contribution in [1.82, 2.24) is 20.3 Å². The van der Waals surface area contributed by atoms with Crippen molar-refractivity contribution < 1.29 is 4.79 Å². The van der Waals surface area contributed by atoms with Crippen LogP contribution in [-0.2, 0) is 0 Å². The molecule has 26 heavy (non-hydrogen) atoms. The van der Waals surface area contributed by atoms with Crippen molar-refractivity contribution in [2.24, 2.45) is 0 Å². The molecular formula is C19H24N6O. The van der Waals surface area contributed by atoms with E-state index in [0.717, 1.165) is 37.4 Å². The van der Waals surface area contributed by atoms with Crippen LogP contribution in [0.4, 0.5) is 11.6 Å². The van der Waals surface area contributed by atoms with E-state index in [9.17, 15) is 4.79 Å². The molecule has 136 valence electrons. The molecule has 7 heteroatoms. The summed E-state index contributed by atoms with van der Waals surface area (Å²) in [5, 5.41) is 6.06. The Kier molecular flexibility index (Phi) is 4.69. The summed E-state index contributed by atoms with van der Waals surface area (Å²) in [7, 11) is 1.79. The van der Waals surface area contributed by atoms with Crippen LogP contribution in [0.3, 0.4) is 0 Å². The molecule has 7 nitrogen and oxygen atoms in total. The molecule has 2 aliphatic rings. The summed E-state index contributed by atoms with van der Waals surface area (Å²) in [5.41, 5.74) is 1.72. The maximum atomic E-state index is 12.4. The molecular weight excluding hydrogens is 328 g/mol. The van der Waals surface area contributed by atoms with E-state index in [2.05, 4.69) is 36.6 Å². The van der Waals surface area contributed by atoms with Crippen molar-refractivity contribution in [2.45, 2.75) is 37.6 Å². The molecule has 2 aromatic rings. The van der Waals surface area contributed by atoms with E-state index in [1.807, 2.05) is 0 Å². The van der Waals surface area contributed by atoms with Gasteiger partial charge in [-0.1, -0.05) is 0 Å². The highest BCUT2D eigenvalue weighted by Crippen LogP contribution is 2.37. The molecule has 0 bridgehead atoms. The van der Waals surface area contributed by atoms with Crippen LogP contribution >= 0.6 is 0 Å². The minimum atomic E-state index is -0.0483. The first-order chi connectivity index (χ1) is 12.7. The quantitative estimate of drug-likeness (QED) is 0.858. The molecule has 2 N–H and O–H groups in total. The molecule has 2 aromatic heterocycles. The summed E-state index contributed by atoms with van der Waals surface area (Å²) in [6.07, 6.45) is 7.64. The summed E-state index contributed by atoms with van der Waals surface area (Å²) in [6.45, 7) is 2.17. The Morgan fingerprint density at radius 3 is 2.73 bits per heavy atom. The molecule has 1 aliphatic carbocycles. The second-order valence-corrected chi connectivity index (χ2v) is 7.01. The van der Waals surface area contributed by atoms with Gasteiger partial charge in [-0.2, -0.15) is 0 Å². The number of amides is 1. The zero-order valence-corrected chi connectivity index (χ0v) is 15.0. The summed E-state index contributed by atoms with van der Waals surface area (Å²) < 4.78 is 0. The van der Waals surface area contributed by atoms with Crippen LogP contribution in [0.1, 0.15) is 47.7 Å². The summed E-state index contributed by atoms with van der Waals surface area (Å²) >= 11 is 0. The number of carbonyl (C=O) groups is 1. The van der Waals surface area contributed by atoms with E-state index in [4.69, 9.17) is 0 Å². The van der Waals surface area contributed by atoms with Gasteiger partial charge in [0.05, 0.1) is 0 Å².